The van der Waals surface area contributed by atoms with Crippen molar-refractivity contribution in [3.05, 3.63) is 47.8 Å². The summed E-state index contributed by atoms with van der Waals surface area (Å²) in [7, 11) is 6.13. The molecule has 1 aromatic carbocycles. The van der Waals surface area contributed by atoms with Gasteiger partial charge in [0.05, 0.1) is 6.20 Å². The molecule has 1 atom stereocenters. The summed E-state index contributed by atoms with van der Waals surface area (Å²) in [6.07, 6.45) is 5.04. The molecule has 0 aliphatic rings. The summed E-state index contributed by atoms with van der Waals surface area (Å²) in [4.78, 5) is 2.11. The summed E-state index contributed by atoms with van der Waals surface area (Å²) in [5.41, 5.74) is 3.80. The maximum Gasteiger partial charge on any atom is 0.0522 e. The number of benzene rings is 1. The molecule has 1 aromatic heterocycles. The number of aromatic nitrogens is 2. The number of hydrogen-bond acceptors (Lipinski definition) is 3. The fourth-order valence-corrected chi connectivity index (χ4v) is 2.31. The van der Waals surface area contributed by atoms with Crippen molar-refractivity contribution in [1.82, 2.24) is 15.1 Å². The maximum absolute atomic E-state index is 4.34. The zero-order chi connectivity index (χ0) is 14.5. The van der Waals surface area contributed by atoms with E-state index in [0.717, 1.165) is 13.0 Å². The lowest BCUT2D eigenvalue weighted by Crippen LogP contribution is -2.19. The van der Waals surface area contributed by atoms with Crippen LogP contribution in [0.25, 0.3) is 0 Å². The molecule has 2 aromatic rings. The van der Waals surface area contributed by atoms with E-state index in [9.17, 15) is 0 Å². The second kappa shape index (κ2) is 6.57. The first-order valence-electron chi connectivity index (χ1n) is 7.10. The molecule has 0 bridgehead atoms. The van der Waals surface area contributed by atoms with Gasteiger partial charge in [-0.1, -0.05) is 12.1 Å². The lowest BCUT2D eigenvalue weighted by Gasteiger charge is -2.18. The van der Waals surface area contributed by atoms with Gasteiger partial charge in [0.25, 0.3) is 0 Å². The molecule has 0 aliphatic carbocycles. The summed E-state index contributed by atoms with van der Waals surface area (Å²) in [5.74, 6) is 0. The number of hydrogen-bond donors (Lipinski definition) is 1. The highest BCUT2D eigenvalue weighted by molar-refractivity contribution is 5.46. The van der Waals surface area contributed by atoms with Gasteiger partial charge >= 0.3 is 0 Å². The van der Waals surface area contributed by atoms with E-state index in [2.05, 4.69) is 66.8 Å². The Morgan fingerprint density at radius 3 is 2.45 bits per heavy atom. The van der Waals surface area contributed by atoms with E-state index in [4.69, 9.17) is 0 Å². The smallest absolute Gasteiger partial charge is 0.0522 e. The number of rotatable bonds is 6. The molecule has 0 amide bonds. The second-order valence-electron chi connectivity index (χ2n) is 5.24. The molecule has 2 rings (SSSR count). The number of nitrogens with one attached hydrogen (secondary N) is 1. The van der Waals surface area contributed by atoms with Crippen molar-refractivity contribution in [3.63, 3.8) is 0 Å². The third-order valence-corrected chi connectivity index (χ3v) is 3.61. The lowest BCUT2D eigenvalue weighted by atomic mass is 10.0. The third-order valence-electron chi connectivity index (χ3n) is 3.61. The van der Waals surface area contributed by atoms with Crippen molar-refractivity contribution >= 4 is 5.69 Å². The highest BCUT2D eigenvalue weighted by atomic mass is 15.3. The predicted octanol–water partition coefficient (Wildman–Crippen LogP) is 2.47. The molecular formula is C16H24N4. The van der Waals surface area contributed by atoms with Gasteiger partial charge in [-0.05, 0) is 43.7 Å². The van der Waals surface area contributed by atoms with E-state index in [1.54, 1.807) is 0 Å². The van der Waals surface area contributed by atoms with Crippen LogP contribution in [0, 0.1) is 0 Å². The highest BCUT2D eigenvalue weighted by Gasteiger charge is 2.11. The Labute approximate surface area is 121 Å². The van der Waals surface area contributed by atoms with Crippen molar-refractivity contribution in [2.24, 2.45) is 0 Å². The van der Waals surface area contributed by atoms with Crippen LogP contribution in [0.5, 0.6) is 0 Å². The van der Waals surface area contributed by atoms with Gasteiger partial charge in [-0.2, -0.15) is 5.10 Å². The second-order valence-corrected chi connectivity index (χ2v) is 5.24. The minimum Gasteiger partial charge on any atom is -0.378 e. The van der Waals surface area contributed by atoms with E-state index in [1.165, 1.54) is 16.8 Å². The minimum absolute atomic E-state index is 0.320. The Bertz CT molecular complexity index is 528. The predicted molar refractivity (Wildman–Crippen MR) is 84.2 cm³/mol. The molecule has 4 heteroatoms. The molecule has 0 saturated heterocycles. The minimum atomic E-state index is 0.320. The Hall–Kier alpha value is -1.81. The molecular weight excluding hydrogens is 248 g/mol. The lowest BCUT2D eigenvalue weighted by molar-refractivity contribution is 0.591. The van der Waals surface area contributed by atoms with Crippen LogP contribution < -0.4 is 10.2 Å². The van der Waals surface area contributed by atoms with Crippen molar-refractivity contribution in [3.8, 4) is 0 Å². The van der Waals surface area contributed by atoms with Gasteiger partial charge in [-0.25, -0.2) is 0 Å². The van der Waals surface area contributed by atoms with Gasteiger partial charge in [0.15, 0.2) is 0 Å². The maximum atomic E-state index is 4.34. The molecule has 0 aliphatic heterocycles. The molecule has 108 valence electrons. The first-order chi connectivity index (χ1) is 9.63. The van der Waals surface area contributed by atoms with Gasteiger partial charge in [-0.3, -0.25) is 4.68 Å². The average Bonchev–Trinajstić information content (AvgIpc) is 2.92. The van der Waals surface area contributed by atoms with E-state index in [-0.39, 0.29) is 0 Å². The van der Waals surface area contributed by atoms with Crippen LogP contribution in [-0.4, -0.2) is 30.9 Å². The van der Waals surface area contributed by atoms with Gasteiger partial charge < -0.3 is 10.2 Å². The normalized spacial score (nSPS) is 12.4. The van der Waals surface area contributed by atoms with Crippen LogP contribution in [0.2, 0.25) is 0 Å². The fraction of sp³-hybridized carbons (Fsp3) is 0.438. The van der Waals surface area contributed by atoms with Gasteiger partial charge in [-0.15, -0.1) is 0 Å². The first-order valence-corrected chi connectivity index (χ1v) is 7.10. The number of likely N-dealkylation sites (N-methyl/N-ethyl adjacent to an activating group) is 1. The summed E-state index contributed by atoms with van der Waals surface area (Å²) >= 11 is 0. The van der Waals surface area contributed by atoms with Crippen molar-refractivity contribution < 1.29 is 0 Å². The molecule has 1 unspecified atom stereocenters. The van der Waals surface area contributed by atoms with Crippen LogP contribution in [0.3, 0.4) is 0 Å². The number of nitrogens with zero attached hydrogens (tertiary/aromatic N) is 3. The Kier molecular flexibility index (Phi) is 4.79. The molecule has 0 radical (unpaired) electrons. The molecule has 1 heterocycles. The average molecular weight is 272 g/mol. The number of anilines is 1. The van der Waals surface area contributed by atoms with Crippen LogP contribution in [0.1, 0.15) is 24.1 Å². The summed E-state index contributed by atoms with van der Waals surface area (Å²) < 4.78 is 1.97. The zero-order valence-electron chi connectivity index (χ0n) is 12.8. The van der Waals surface area contributed by atoms with Crippen LogP contribution in [0.4, 0.5) is 5.69 Å². The summed E-state index contributed by atoms with van der Waals surface area (Å²) in [6, 6.07) is 9.03. The number of aryl methyl sites for hydroxylation is 1. The van der Waals surface area contributed by atoms with E-state index < -0.39 is 0 Å². The summed E-state index contributed by atoms with van der Waals surface area (Å²) in [5, 5.41) is 7.73. The molecule has 0 saturated carbocycles. The van der Waals surface area contributed by atoms with Crippen LogP contribution >= 0.6 is 0 Å². The third kappa shape index (κ3) is 3.39. The Morgan fingerprint density at radius 1 is 1.25 bits per heavy atom. The molecule has 0 fully saturated rings. The summed E-state index contributed by atoms with van der Waals surface area (Å²) in [6.45, 7) is 3.02. The molecule has 1 N–H and O–H groups in total. The molecule has 0 spiro atoms. The standard InChI is InChI=1S/C16H24N4/c1-5-20-12-13(11-18-20)10-16(17-2)14-6-8-15(9-7-14)19(3)4/h6-9,11-12,16-17H,5,10H2,1-4H3. The van der Waals surface area contributed by atoms with Gasteiger partial charge in [0.1, 0.15) is 0 Å². The van der Waals surface area contributed by atoms with Crippen LogP contribution in [0.15, 0.2) is 36.7 Å². The highest BCUT2D eigenvalue weighted by Crippen LogP contribution is 2.21. The van der Waals surface area contributed by atoms with Crippen LogP contribution in [-0.2, 0) is 13.0 Å². The fourth-order valence-electron chi connectivity index (χ4n) is 2.31. The van der Waals surface area contributed by atoms with E-state index >= 15 is 0 Å². The molecule has 20 heavy (non-hydrogen) atoms. The van der Waals surface area contributed by atoms with Crippen molar-refractivity contribution in [1.29, 1.82) is 0 Å². The quantitative estimate of drug-likeness (QED) is 0.877. The zero-order valence-corrected chi connectivity index (χ0v) is 12.8. The van der Waals surface area contributed by atoms with Crippen molar-refractivity contribution in [2.75, 3.05) is 26.0 Å². The van der Waals surface area contributed by atoms with Gasteiger partial charge in [0.2, 0.25) is 0 Å². The SMILES string of the molecule is CCn1cc(CC(NC)c2ccc(N(C)C)cc2)cn1. The van der Waals surface area contributed by atoms with Gasteiger partial charge in [0, 0.05) is 38.6 Å². The van der Waals surface area contributed by atoms with E-state index in [0.29, 0.717) is 6.04 Å². The van der Waals surface area contributed by atoms with E-state index in [1.807, 2.05) is 17.9 Å². The first kappa shape index (κ1) is 14.6. The van der Waals surface area contributed by atoms with Crippen molar-refractivity contribution in [2.45, 2.75) is 25.9 Å². The Morgan fingerprint density at radius 2 is 1.95 bits per heavy atom. The Balaban J connectivity index is 2.11. The monoisotopic (exact) mass is 272 g/mol. The largest absolute Gasteiger partial charge is 0.378 e. The topological polar surface area (TPSA) is 33.1 Å². The molecule has 4 nitrogen and oxygen atoms in total.